The first-order chi connectivity index (χ1) is 20.6. The molecule has 6 rings (SSSR count). The second kappa shape index (κ2) is 12.1. The van der Waals surface area contributed by atoms with Crippen LogP contribution in [0.4, 0.5) is 5.69 Å². The van der Waals surface area contributed by atoms with Gasteiger partial charge in [-0.2, -0.15) is 18.9 Å². The average Bonchev–Trinajstić information content (AvgIpc) is 3.43. The van der Waals surface area contributed by atoms with Gasteiger partial charge in [-0.05, 0) is 69.5 Å². The molecule has 1 saturated heterocycles. The Morgan fingerprint density at radius 1 is 0.860 bits per heavy atom. The molecule has 8 nitrogen and oxygen atoms in total. The fourth-order valence-electron chi connectivity index (χ4n) is 5.51. The van der Waals surface area contributed by atoms with Crippen molar-refractivity contribution in [2.45, 2.75) is 36.6 Å². The first-order valence-corrected chi connectivity index (χ1v) is 16.4. The first-order valence-electron chi connectivity index (χ1n) is 13.8. The first kappa shape index (κ1) is 29.9. The Hall–Kier alpha value is -3.18. The second-order valence-corrected chi connectivity index (χ2v) is 13.4. The highest BCUT2D eigenvalue weighted by atomic mass is 35.5. The minimum Gasteiger partial charge on any atom is -0.263 e. The molecule has 12 heteroatoms. The van der Waals surface area contributed by atoms with E-state index >= 15 is 0 Å². The molecule has 222 valence electrons. The van der Waals surface area contributed by atoms with Crippen LogP contribution in [0.3, 0.4) is 0 Å². The molecule has 0 bridgehead atoms. The number of hydrazone groups is 1. The molecule has 1 atom stereocenters. The van der Waals surface area contributed by atoms with Crippen LogP contribution in [0.5, 0.6) is 0 Å². The summed E-state index contributed by atoms with van der Waals surface area (Å²) in [6.07, 6.45) is 2.50. The molecule has 0 unspecified atom stereocenters. The van der Waals surface area contributed by atoms with Crippen LogP contribution in [0.25, 0.3) is 10.8 Å². The third-order valence-electron chi connectivity index (χ3n) is 7.68. The molecule has 2 aliphatic heterocycles. The molecule has 4 aromatic rings. The summed E-state index contributed by atoms with van der Waals surface area (Å²) in [6, 6.07) is 24.3. The Kier molecular flexibility index (Phi) is 8.39. The highest BCUT2D eigenvalue weighted by molar-refractivity contribution is 7.86. The summed E-state index contributed by atoms with van der Waals surface area (Å²) >= 11 is 18.8. The summed E-state index contributed by atoms with van der Waals surface area (Å²) in [5, 5.41) is 9.48. The molecule has 1 fully saturated rings. The lowest BCUT2D eigenvalue weighted by Gasteiger charge is -2.35. The summed E-state index contributed by atoms with van der Waals surface area (Å²) < 4.78 is 32.4. The van der Waals surface area contributed by atoms with Gasteiger partial charge >= 0.3 is 16.0 Å². The number of anilines is 1. The van der Waals surface area contributed by atoms with Crippen molar-refractivity contribution < 1.29 is 22.3 Å². The number of hydroxylamine groups is 2. The average molecular weight is 659 g/mol. The maximum atomic E-state index is 13.8. The number of hydrogen-bond acceptors (Lipinski definition) is 6. The van der Waals surface area contributed by atoms with Crippen molar-refractivity contribution in [1.82, 2.24) is 5.43 Å². The number of carbonyl (C=O) groups excluding carboxylic acids is 1. The predicted molar refractivity (Wildman–Crippen MR) is 169 cm³/mol. The van der Waals surface area contributed by atoms with Crippen LogP contribution in [0.2, 0.25) is 15.1 Å². The normalized spacial score (nSPS) is 18.4. The number of nitrogens with zero attached hydrogens (tertiary/aromatic N) is 3. The summed E-state index contributed by atoms with van der Waals surface area (Å²) in [6.45, 7) is 0.582. The largest absolute Gasteiger partial charge is 0.345 e. The van der Waals surface area contributed by atoms with Crippen molar-refractivity contribution in [2.75, 3.05) is 18.1 Å². The molecule has 0 aromatic heterocycles. The van der Waals surface area contributed by atoms with Crippen molar-refractivity contribution in [3.8, 4) is 0 Å². The lowest BCUT2D eigenvalue weighted by molar-refractivity contribution is -1.11. The van der Waals surface area contributed by atoms with Gasteiger partial charge in [-0.1, -0.05) is 82.0 Å². The highest BCUT2D eigenvalue weighted by Crippen LogP contribution is 2.40. The molecular formula is C31H28Cl3N4O4S+. The van der Waals surface area contributed by atoms with Crippen molar-refractivity contribution in [2.24, 2.45) is 5.10 Å². The van der Waals surface area contributed by atoms with Gasteiger partial charge in [0, 0.05) is 29.3 Å². The quantitative estimate of drug-likeness (QED) is 0.208. The maximum Gasteiger partial charge on any atom is 0.345 e. The molecular weight excluding hydrogens is 631 g/mol. The SMILES string of the molecule is O=C(N[N+]1(OS(=O)(=O)c2ccc3ccccc3c2)CCCCC1)C1=NN(c2ccc(Cl)cc2Cl)[C@H](c2ccc(Cl)cc2)C1. The van der Waals surface area contributed by atoms with Gasteiger partial charge < -0.3 is 0 Å². The van der Waals surface area contributed by atoms with Gasteiger partial charge in [0.1, 0.15) is 18.8 Å². The third kappa shape index (κ3) is 6.38. The van der Waals surface area contributed by atoms with Crippen molar-refractivity contribution in [1.29, 1.82) is 0 Å². The monoisotopic (exact) mass is 657 g/mol. The molecule has 0 aliphatic carbocycles. The fourth-order valence-corrected chi connectivity index (χ4v) is 7.29. The molecule has 0 spiro atoms. The van der Waals surface area contributed by atoms with Crippen LogP contribution >= 0.6 is 34.8 Å². The van der Waals surface area contributed by atoms with E-state index in [1.54, 1.807) is 47.5 Å². The second-order valence-electron chi connectivity index (χ2n) is 10.6. The number of benzene rings is 4. The van der Waals surface area contributed by atoms with E-state index in [0.717, 1.165) is 22.8 Å². The van der Waals surface area contributed by atoms with Gasteiger partial charge in [0.05, 0.1) is 21.6 Å². The van der Waals surface area contributed by atoms with E-state index in [1.165, 1.54) is 6.07 Å². The maximum absolute atomic E-state index is 13.8. The van der Waals surface area contributed by atoms with Crippen LogP contribution in [0.1, 0.15) is 37.3 Å². The zero-order valence-corrected chi connectivity index (χ0v) is 26.0. The van der Waals surface area contributed by atoms with Gasteiger partial charge in [0.15, 0.2) is 0 Å². The summed E-state index contributed by atoms with van der Waals surface area (Å²) in [7, 11) is -4.24. The van der Waals surface area contributed by atoms with Gasteiger partial charge in [0.25, 0.3) is 0 Å². The summed E-state index contributed by atoms with van der Waals surface area (Å²) in [5.74, 6) is -0.526. The predicted octanol–water partition coefficient (Wildman–Crippen LogP) is 7.46. The van der Waals surface area contributed by atoms with Crippen LogP contribution in [0.15, 0.2) is 94.9 Å². The summed E-state index contributed by atoms with van der Waals surface area (Å²) in [5.41, 5.74) is 4.54. The zero-order valence-electron chi connectivity index (χ0n) is 22.9. The molecule has 2 heterocycles. The molecule has 43 heavy (non-hydrogen) atoms. The Bertz CT molecular complexity index is 1830. The Balaban J connectivity index is 1.30. The van der Waals surface area contributed by atoms with E-state index in [0.29, 0.717) is 46.7 Å². The molecule has 0 saturated carbocycles. The van der Waals surface area contributed by atoms with Gasteiger partial charge in [-0.25, -0.2) is 0 Å². The summed E-state index contributed by atoms with van der Waals surface area (Å²) in [4.78, 5) is 13.8. The smallest absolute Gasteiger partial charge is 0.263 e. The van der Waals surface area contributed by atoms with E-state index in [-0.39, 0.29) is 23.1 Å². The van der Waals surface area contributed by atoms with E-state index in [4.69, 9.17) is 39.1 Å². The Labute approximate surface area is 265 Å². The Morgan fingerprint density at radius 2 is 1.56 bits per heavy atom. The van der Waals surface area contributed by atoms with E-state index < -0.39 is 20.8 Å². The molecule has 2 aliphatic rings. The third-order valence-corrected chi connectivity index (χ3v) is 9.78. The highest BCUT2D eigenvalue weighted by Gasteiger charge is 2.43. The number of halogens is 3. The van der Waals surface area contributed by atoms with Crippen LogP contribution < -0.4 is 10.4 Å². The number of nitrogens with one attached hydrogen (secondary N) is 1. The fraction of sp³-hybridized carbons (Fsp3) is 0.226. The van der Waals surface area contributed by atoms with Crippen molar-refractivity contribution in [3.63, 3.8) is 0 Å². The number of fused-ring (bicyclic) bond motifs is 1. The minimum absolute atomic E-state index is 0.0214. The van der Waals surface area contributed by atoms with E-state index in [2.05, 4.69) is 10.5 Å². The van der Waals surface area contributed by atoms with Crippen molar-refractivity contribution >= 4 is 73.0 Å². The standard InChI is InChI=1S/C31H27Cl3N4O4S/c32-24-11-8-22(9-12-24)30-20-28(35-37(30)29-15-13-25(33)19-27(29)34)31(39)36-38(16-4-1-5-17-38)42-43(40,41)26-14-10-21-6-2-3-7-23(21)18-26/h2-3,6-15,18-19,30H,1,4-5,16-17,20H2/p+1/t30-/m0/s1. The van der Waals surface area contributed by atoms with E-state index in [9.17, 15) is 13.2 Å². The number of quaternary nitrogens is 1. The lowest BCUT2D eigenvalue weighted by Crippen LogP contribution is -2.64. The topological polar surface area (TPSA) is 88.1 Å². The van der Waals surface area contributed by atoms with E-state index in [1.807, 2.05) is 36.4 Å². The minimum atomic E-state index is -4.24. The van der Waals surface area contributed by atoms with Crippen LogP contribution in [-0.2, 0) is 19.2 Å². The van der Waals surface area contributed by atoms with Crippen LogP contribution in [-0.4, -0.2) is 37.9 Å². The van der Waals surface area contributed by atoms with Crippen molar-refractivity contribution in [3.05, 3.63) is 106 Å². The molecule has 4 aromatic carbocycles. The van der Waals surface area contributed by atoms with Gasteiger partial charge in [0.2, 0.25) is 0 Å². The van der Waals surface area contributed by atoms with Gasteiger partial charge in [-0.3, -0.25) is 9.80 Å². The Morgan fingerprint density at radius 3 is 2.28 bits per heavy atom. The molecule has 1 N–H and O–H groups in total. The lowest BCUT2D eigenvalue weighted by atomic mass is 10.0. The van der Waals surface area contributed by atoms with Crippen LogP contribution in [0, 0.1) is 0 Å². The van der Waals surface area contributed by atoms with Gasteiger partial charge in [-0.15, -0.1) is 0 Å². The zero-order chi connectivity index (χ0) is 30.2. The molecule has 1 amide bonds. The molecule has 0 radical (unpaired) electrons. The number of piperidine rings is 1. The number of hydrogen-bond donors (Lipinski definition) is 1. The number of rotatable bonds is 7. The number of carbonyl (C=O) groups is 1. The number of amides is 1.